The van der Waals surface area contributed by atoms with Crippen molar-refractivity contribution in [1.29, 1.82) is 0 Å². The van der Waals surface area contributed by atoms with Crippen LogP contribution in [0.1, 0.15) is 23.8 Å². The molecule has 0 radical (unpaired) electrons. The molecule has 0 spiro atoms. The number of hydrogen-bond donors (Lipinski definition) is 1. The van der Waals surface area contributed by atoms with E-state index in [2.05, 4.69) is 10.1 Å². The highest BCUT2D eigenvalue weighted by atomic mass is 16.5. The summed E-state index contributed by atoms with van der Waals surface area (Å²) < 4.78 is 5.29. The van der Waals surface area contributed by atoms with Gasteiger partial charge in [-0.25, -0.2) is 0 Å². The van der Waals surface area contributed by atoms with E-state index >= 15 is 0 Å². The fourth-order valence-corrected chi connectivity index (χ4v) is 2.34. The van der Waals surface area contributed by atoms with Crippen molar-refractivity contribution in [2.24, 2.45) is 5.73 Å². The van der Waals surface area contributed by atoms with Crippen molar-refractivity contribution in [3.8, 4) is 11.4 Å². The number of amides is 1. The monoisotopic (exact) mass is 272 g/mol. The van der Waals surface area contributed by atoms with Crippen LogP contribution in [0.25, 0.3) is 11.4 Å². The molecule has 2 aromatic rings. The molecule has 2 N–H and O–H groups in total. The molecule has 0 aliphatic carbocycles. The Bertz CT molecular complexity index is 620. The predicted octanol–water partition coefficient (Wildman–Crippen LogP) is 1.14. The summed E-state index contributed by atoms with van der Waals surface area (Å²) in [4.78, 5) is 17.6. The van der Waals surface area contributed by atoms with E-state index in [-0.39, 0.29) is 11.8 Å². The van der Waals surface area contributed by atoms with Crippen LogP contribution < -0.4 is 5.73 Å². The van der Waals surface area contributed by atoms with Crippen LogP contribution in [0.2, 0.25) is 0 Å². The lowest BCUT2D eigenvalue weighted by Gasteiger charge is -2.05. The van der Waals surface area contributed by atoms with Gasteiger partial charge in [0, 0.05) is 32.1 Å². The highest BCUT2D eigenvalue weighted by Gasteiger charge is 2.32. The summed E-state index contributed by atoms with van der Waals surface area (Å²) in [5.41, 5.74) is 7.51. The van der Waals surface area contributed by atoms with Crippen LogP contribution in [-0.2, 0) is 11.3 Å². The van der Waals surface area contributed by atoms with E-state index in [1.165, 1.54) is 0 Å². The number of carbonyl (C=O) groups is 1. The SMILES string of the molecule is CN1CC(c2nc(-c3ccc(CN)cc3)no2)CC1=O. The zero-order valence-corrected chi connectivity index (χ0v) is 11.2. The number of nitrogens with two attached hydrogens (primary N) is 1. The molecule has 1 saturated heterocycles. The van der Waals surface area contributed by atoms with Gasteiger partial charge in [-0.3, -0.25) is 4.79 Å². The van der Waals surface area contributed by atoms with E-state index in [0.29, 0.717) is 31.2 Å². The Labute approximate surface area is 116 Å². The maximum Gasteiger partial charge on any atom is 0.232 e. The van der Waals surface area contributed by atoms with Gasteiger partial charge in [0.1, 0.15) is 0 Å². The number of hydrogen-bond acceptors (Lipinski definition) is 5. The molecule has 20 heavy (non-hydrogen) atoms. The molecule has 1 fully saturated rings. The summed E-state index contributed by atoms with van der Waals surface area (Å²) in [6, 6.07) is 7.72. The fraction of sp³-hybridized carbons (Fsp3) is 0.357. The van der Waals surface area contributed by atoms with Crippen molar-refractivity contribution in [1.82, 2.24) is 15.0 Å². The van der Waals surface area contributed by atoms with Gasteiger partial charge >= 0.3 is 0 Å². The average Bonchev–Trinajstić information content (AvgIpc) is 3.07. The number of likely N-dealkylation sites (tertiary alicyclic amines) is 1. The molecule has 2 heterocycles. The van der Waals surface area contributed by atoms with Gasteiger partial charge in [0.05, 0.1) is 5.92 Å². The number of aromatic nitrogens is 2. The molecule has 1 aliphatic rings. The first-order valence-electron chi connectivity index (χ1n) is 6.54. The predicted molar refractivity (Wildman–Crippen MR) is 72.6 cm³/mol. The number of carbonyl (C=O) groups excluding carboxylic acids is 1. The van der Waals surface area contributed by atoms with Crippen molar-refractivity contribution < 1.29 is 9.32 Å². The first-order valence-corrected chi connectivity index (χ1v) is 6.54. The zero-order valence-electron chi connectivity index (χ0n) is 11.2. The second kappa shape index (κ2) is 5.05. The molecule has 1 aromatic carbocycles. The second-order valence-corrected chi connectivity index (χ2v) is 5.03. The minimum Gasteiger partial charge on any atom is -0.345 e. The Hall–Kier alpha value is -2.21. The smallest absolute Gasteiger partial charge is 0.232 e. The molecule has 3 rings (SSSR count). The highest BCUT2D eigenvalue weighted by Crippen LogP contribution is 2.27. The quantitative estimate of drug-likeness (QED) is 0.905. The Balaban J connectivity index is 1.81. The summed E-state index contributed by atoms with van der Waals surface area (Å²) in [6.07, 6.45) is 0.435. The minimum absolute atomic E-state index is 0.00272. The van der Waals surface area contributed by atoms with E-state index in [4.69, 9.17) is 10.3 Å². The molecule has 104 valence electrons. The van der Waals surface area contributed by atoms with Gasteiger partial charge < -0.3 is 15.2 Å². The molecule has 0 saturated carbocycles. The van der Waals surface area contributed by atoms with Crippen LogP contribution in [0.15, 0.2) is 28.8 Å². The van der Waals surface area contributed by atoms with Crippen molar-refractivity contribution >= 4 is 5.91 Å². The summed E-state index contributed by atoms with van der Waals surface area (Å²) in [7, 11) is 1.78. The lowest BCUT2D eigenvalue weighted by atomic mass is 10.1. The third kappa shape index (κ3) is 2.30. The van der Waals surface area contributed by atoms with Crippen LogP contribution in [0.4, 0.5) is 0 Å². The molecule has 1 atom stereocenters. The summed E-state index contributed by atoms with van der Waals surface area (Å²) in [6.45, 7) is 1.14. The third-order valence-corrected chi connectivity index (χ3v) is 3.58. The van der Waals surface area contributed by atoms with E-state index in [1.807, 2.05) is 24.3 Å². The van der Waals surface area contributed by atoms with Gasteiger partial charge in [-0.1, -0.05) is 29.4 Å². The van der Waals surface area contributed by atoms with Gasteiger partial charge in [-0.2, -0.15) is 4.98 Å². The Morgan fingerprint density at radius 3 is 2.75 bits per heavy atom. The van der Waals surface area contributed by atoms with E-state index in [0.717, 1.165) is 11.1 Å². The van der Waals surface area contributed by atoms with Gasteiger partial charge in [0.2, 0.25) is 17.6 Å². The third-order valence-electron chi connectivity index (χ3n) is 3.58. The minimum atomic E-state index is -0.00272. The van der Waals surface area contributed by atoms with E-state index < -0.39 is 0 Å². The largest absolute Gasteiger partial charge is 0.345 e. The van der Waals surface area contributed by atoms with Crippen LogP contribution in [0, 0.1) is 0 Å². The molecule has 6 heteroatoms. The Kier molecular flexibility index (Phi) is 3.23. The molecule has 1 amide bonds. The topological polar surface area (TPSA) is 85.2 Å². The molecule has 1 aromatic heterocycles. The highest BCUT2D eigenvalue weighted by molar-refractivity contribution is 5.79. The van der Waals surface area contributed by atoms with Crippen LogP contribution in [-0.4, -0.2) is 34.5 Å². The second-order valence-electron chi connectivity index (χ2n) is 5.03. The first-order chi connectivity index (χ1) is 9.67. The Morgan fingerprint density at radius 2 is 2.15 bits per heavy atom. The molecule has 1 unspecified atom stereocenters. The molecule has 1 aliphatic heterocycles. The number of nitrogens with zero attached hydrogens (tertiary/aromatic N) is 3. The van der Waals surface area contributed by atoms with Gasteiger partial charge in [-0.05, 0) is 5.56 Å². The lowest BCUT2D eigenvalue weighted by molar-refractivity contribution is -0.126. The van der Waals surface area contributed by atoms with Crippen LogP contribution >= 0.6 is 0 Å². The van der Waals surface area contributed by atoms with E-state index in [1.54, 1.807) is 11.9 Å². The maximum atomic E-state index is 11.5. The number of likely N-dealkylation sites (N-methyl/N-ethyl adjacent to an activating group) is 1. The normalized spacial score (nSPS) is 18.8. The summed E-state index contributed by atoms with van der Waals surface area (Å²) in [5, 5.41) is 3.99. The van der Waals surface area contributed by atoms with Gasteiger partial charge in [-0.15, -0.1) is 0 Å². The molecular weight excluding hydrogens is 256 g/mol. The summed E-state index contributed by atoms with van der Waals surface area (Å²) >= 11 is 0. The van der Waals surface area contributed by atoms with Gasteiger partial charge in [0.15, 0.2) is 0 Å². The lowest BCUT2D eigenvalue weighted by Crippen LogP contribution is -2.18. The van der Waals surface area contributed by atoms with Crippen molar-refractivity contribution in [2.75, 3.05) is 13.6 Å². The first kappa shape index (κ1) is 12.8. The van der Waals surface area contributed by atoms with Crippen molar-refractivity contribution in [2.45, 2.75) is 18.9 Å². The number of rotatable bonds is 3. The van der Waals surface area contributed by atoms with Crippen molar-refractivity contribution in [3.63, 3.8) is 0 Å². The van der Waals surface area contributed by atoms with Crippen molar-refractivity contribution in [3.05, 3.63) is 35.7 Å². The fourth-order valence-electron chi connectivity index (χ4n) is 2.34. The number of benzene rings is 1. The van der Waals surface area contributed by atoms with Gasteiger partial charge in [0.25, 0.3) is 0 Å². The molecular formula is C14H16N4O2. The zero-order chi connectivity index (χ0) is 14.1. The van der Waals surface area contributed by atoms with E-state index in [9.17, 15) is 4.79 Å². The van der Waals surface area contributed by atoms with Crippen LogP contribution in [0.3, 0.4) is 0 Å². The average molecular weight is 272 g/mol. The Morgan fingerprint density at radius 1 is 1.40 bits per heavy atom. The van der Waals surface area contributed by atoms with Crippen LogP contribution in [0.5, 0.6) is 0 Å². The maximum absolute atomic E-state index is 11.5. The molecule has 0 bridgehead atoms. The standard InChI is InChI=1S/C14H16N4O2/c1-18-8-11(6-12(18)19)14-16-13(17-20-14)10-4-2-9(7-15)3-5-10/h2-5,11H,6-8,15H2,1H3. The summed E-state index contributed by atoms with van der Waals surface area (Å²) in [5.74, 6) is 1.19. The molecule has 6 nitrogen and oxygen atoms in total.